The molecule has 0 bridgehead atoms. The standard InChI is InChI=1S/C26H30O3S2/c1-16-13-17(2)24(18(3)14-16)31(29)25-20-10-8-7-9-19(20)11-12-21(25)22(27)15-23(28)30-26(4,5)6/h7-14,22,27H,15H2,1-6H3/t22-,31?/m1/s1. The van der Waals surface area contributed by atoms with E-state index in [2.05, 4.69) is 0 Å². The Morgan fingerprint density at radius 2 is 1.61 bits per heavy atom. The van der Waals surface area contributed by atoms with Crippen LogP contribution in [-0.4, -0.2) is 19.2 Å². The molecule has 2 atom stereocenters. The topological polar surface area (TPSA) is 54.4 Å². The zero-order valence-electron chi connectivity index (χ0n) is 19.0. The molecule has 0 aliphatic carbocycles. The summed E-state index contributed by atoms with van der Waals surface area (Å²) in [6.07, 6.45) is -1.03. The van der Waals surface area contributed by atoms with Gasteiger partial charge in [-0.3, -0.25) is 4.79 Å². The largest absolute Gasteiger partial charge is 0.388 e. The van der Waals surface area contributed by atoms with Crippen molar-refractivity contribution in [2.75, 3.05) is 0 Å². The summed E-state index contributed by atoms with van der Waals surface area (Å²) in [5, 5.41) is 12.8. The van der Waals surface area contributed by atoms with Gasteiger partial charge in [-0.15, -0.1) is 0 Å². The van der Waals surface area contributed by atoms with Crippen LogP contribution in [0.4, 0.5) is 0 Å². The molecule has 1 unspecified atom stereocenters. The van der Waals surface area contributed by atoms with Gasteiger partial charge in [-0.05, 0) is 48.2 Å². The van der Waals surface area contributed by atoms with Gasteiger partial charge in [0.25, 0.3) is 0 Å². The molecule has 0 fully saturated rings. The first-order valence-corrected chi connectivity index (χ1v) is 12.4. The van der Waals surface area contributed by atoms with E-state index in [1.54, 1.807) is 0 Å². The Bertz CT molecular complexity index is 1140. The molecule has 164 valence electrons. The molecule has 0 heterocycles. The highest BCUT2D eigenvalue weighted by Gasteiger charge is 2.26. The van der Waals surface area contributed by atoms with Gasteiger partial charge < -0.3 is 5.11 Å². The highest BCUT2D eigenvalue weighted by atomic mass is 32.2. The van der Waals surface area contributed by atoms with Gasteiger partial charge in [0.1, 0.15) is 0 Å². The van der Waals surface area contributed by atoms with Gasteiger partial charge in [0.2, 0.25) is 0 Å². The number of aliphatic hydroxyl groups is 1. The number of hydrogen-bond donors (Lipinski definition) is 1. The number of aryl methyl sites for hydroxylation is 3. The molecule has 0 radical (unpaired) electrons. The van der Waals surface area contributed by atoms with Crippen LogP contribution in [0, 0.1) is 20.8 Å². The first-order chi connectivity index (χ1) is 14.5. The smallest absolute Gasteiger partial charge is 0.192 e. The molecule has 0 aliphatic rings. The number of fused-ring (bicyclic) bond motifs is 1. The van der Waals surface area contributed by atoms with E-state index in [9.17, 15) is 14.1 Å². The normalized spacial score (nSPS) is 13.9. The van der Waals surface area contributed by atoms with Crippen LogP contribution in [0.15, 0.2) is 58.3 Å². The molecule has 0 saturated carbocycles. The third-order valence-corrected chi connectivity index (χ3v) is 7.87. The maximum Gasteiger partial charge on any atom is 0.192 e. The van der Waals surface area contributed by atoms with Gasteiger partial charge in [0.15, 0.2) is 5.12 Å². The van der Waals surface area contributed by atoms with E-state index in [1.807, 2.05) is 90.1 Å². The van der Waals surface area contributed by atoms with Crippen molar-refractivity contribution in [2.24, 2.45) is 0 Å². The van der Waals surface area contributed by atoms with E-state index in [-0.39, 0.29) is 16.3 Å². The lowest BCUT2D eigenvalue weighted by Gasteiger charge is -2.21. The van der Waals surface area contributed by atoms with E-state index in [0.717, 1.165) is 32.4 Å². The zero-order valence-corrected chi connectivity index (χ0v) is 20.6. The average Bonchev–Trinajstić information content (AvgIpc) is 2.64. The quantitative estimate of drug-likeness (QED) is 0.484. The van der Waals surface area contributed by atoms with E-state index in [1.165, 1.54) is 11.8 Å². The number of carbonyl (C=O) groups excluding carboxylic acids is 1. The van der Waals surface area contributed by atoms with Gasteiger partial charge in [0.05, 0.1) is 21.8 Å². The fraction of sp³-hybridized carbons (Fsp3) is 0.346. The summed E-state index contributed by atoms with van der Waals surface area (Å²) in [5.74, 6) is 0. The first kappa shape index (κ1) is 23.7. The molecule has 3 rings (SSSR count). The Labute approximate surface area is 191 Å². The average molecular weight is 455 g/mol. The van der Waals surface area contributed by atoms with E-state index in [0.29, 0.717) is 10.5 Å². The second kappa shape index (κ2) is 9.27. The molecule has 1 N–H and O–H groups in total. The number of benzene rings is 3. The van der Waals surface area contributed by atoms with Crippen LogP contribution in [0.25, 0.3) is 10.8 Å². The summed E-state index contributed by atoms with van der Waals surface area (Å²) in [6, 6.07) is 15.6. The van der Waals surface area contributed by atoms with Crippen molar-refractivity contribution < 1.29 is 14.1 Å². The highest BCUT2D eigenvalue weighted by molar-refractivity contribution is 8.14. The van der Waals surface area contributed by atoms with Crippen LogP contribution in [0.2, 0.25) is 0 Å². The van der Waals surface area contributed by atoms with Crippen LogP contribution in [0.3, 0.4) is 0 Å². The highest BCUT2D eigenvalue weighted by Crippen LogP contribution is 2.37. The third-order valence-electron chi connectivity index (χ3n) is 5.02. The van der Waals surface area contributed by atoms with Crippen LogP contribution in [0.1, 0.15) is 55.5 Å². The molecule has 3 aromatic carbocycles. The lowest BCUT2D eigenvalue weighted by atomic mass is 10.0. The SMILES string of the molecule is Cc1cc(C)c(S(=O)c2c([C@H](O)CC(=O)SC(C)(C)C)ccc3ccccc23)c(C)c1. The zero-order chi connectivity index (χ0) is 22.9. The molecular formula is C26H30O3S2. The van der Waals surface area contributed by atoms with Gasteiger partial charge in [0, 0.05) is 16.1 Å². The fourth-order valence-electron chi connectivity index (χ4n) is 3.94. The third kappa shape index (κ3) is 5.46. The summed E-state index contributed by atoms with van der Waals surface area (Å²) >= 11 is 1.23. The lowest BCUT2D eigenvalue weighted by molar-refractivity contribution is -0.112. The number of thioether (sulfide) groups is 1. The van der Waals surface area contributed by atoms with Gasteiger partial charge in [-0.25, -0.2) is 4.21 Å². The molecule has 31 heavy (non-hydrogen) atoms. The van der Waals surface area contributed by atoms with Crippen molar-refractivity contribution in [3.05, 3.63) is 70.8 Å². The van der Waals surface area contributed by atoms with Crippen molar-refractivity contribution >= 4 is 38.4 Å². The van der Waals surface area contributed by atoms with E-state index >= 15 is 0 Å². The fourth-order valence-corrected chi connectivity index (χ4v) is 6.58. The Hall–Kier alpha value is -1.95. The van der Waals surface area contributed by atoms with Crippen molar-refractivity contribution in [1.29, 1.82) is 0 Å². The summed E-state index contributed by atoms with van der Waals surface area (Å²) < 4.78 is 13.7. The molecule has 0 aliphatic heterocycles. The van der Waals surface area contributed by atoms with Crippen molar-refractivity contribution in [3.63, 3.8) is 0 Å². The minimum Gasteiger partial charge on any atom is -0.388 e. The number of hydrogen-bond acceptors (Lipinski definition) is 4. The van der Waals surface area contributed by atoms with Crippen LogP contribution < -0.4 is 0 Å². The number of rotatable bonds is 5. The van der Waals surface area contributed by atoms with Gasteiger partial charge in [-0.2, -0.15) is 0 Å². The molecular weight excluding hydrogens is 424 g/mol. The molecule has 0 aromatic heterocycles. The summed E-state index contributed by atoms with van der Waals surface area (Å²) in [4.78, 5) is 13.9. The van der Waals surface area contributed by atoms with Crippen molar-refractivity contribution in [1.82, 2.24) is 0 Å². The summed E-state index contributed by atoms with van der Waals surface area (Å²) in [7, 11) is -1.50. The summed E-state index contributed by atoms with van der Waals surface area (Å²) in [5.41, 5.74) is 3.60. The predicted octanol–water partition coefficient (Wildman–Crippen LogP) is 6.41. The minimum absolute atomic E-state index is 0.0175. The Morgan fingerprint density at radius 1 is 1.00 bits per heavy atom. The monoisotopic (exact) mass is 454 g/mol. The van der Waals surface area contributed by atoms with Crippen LogP contribution >= 0.6 is 11.8 Å². The van der Waals surface area contributed by atoms with Crippen molar-refractivity contribution in [2.45, 2.75) is 68.6 Å². The van der Waals surface area contributed by atoms with E-state index in [4.69, 9.17) is 0 Å². The van der Waals surface area contributed by atoms with Crippen LogP contribution in [0.5, 0.6) is 0 Å². The Kier molecular flexibility index (Phi) is 7.09. The molecule has 0 spiro atoms. The van der Waals surface area contributed by atoms with Gasteiger partial charge >= 0.3 is 0 Å². The second-order valence-corrected chi connectivity index (χ2v) is 12.2. The summed E-state index contributed by atoms with van der Waals surface area (Å²) in [6.45, 7) is 11.9. The second-order valence-electron chi connectivity index (χ2n) is 9.01. The van der Waals surface area contributed by atoms with E-state index < -0.39 is 16.9 Å². The number of carbonyl (C=O) groups is 1. The van der Waals surface area contributed by atoms with Crippen molar-refractivity contribution in [3.8, 4) is 0 Å². The maximum atomic E-state index is 14.0. The molecule has 0 amide bonds. The first-order valence-electron chi connectivity index (χ1n) is 10.4. The molecule has 5 heteroatoms. The lowest BCUT2D eigenvalue weighted by Crippen LogP contribution is -2.15. The minimum atomic E-state index is -1.50. The molecule has 3 nitrogen and oxygen atoms in total. The maximum absolute atomic E-state index is 14.0. The molecule has 3 aromatic rings. The Balaban J connectivity index is 2.13. The number of aliphatic hydroxyl groups excluding tert-OH is 1. The molecule has 0 saturated heterocycles. The predicted molar refractivity (Wildman–Crippen MR) is 131 cm³/mol. The Morgan fingerprint density at radius 3 is 2.23 bits per heavy atom. The van der Waals surface area contributed by atoms with Gasteiger partial charge in [-0.1, -0.05) is 86.6 Å². The van der Waals surface area contributed by atoms with Crippen LogP contribution in [-0.2, 0) is 15.6 Å².